The molecule has 0 heterocycles. The van der Waals surface area contributed by atoms with E-state index in [0.717, 1.165) is 12.8 Å². The summed E-state index contributed by atoms with van der Waals surface area (Å²) in [6.45, 7) is 0.675. The Kier molecular flexibility index (Phi) is 7.04. The van der Waals surface area contributed by atoms with Crippen molar-refractivity contribution in [2.24, 2.45) is 5.92 Å². The van der Waals surface area contributed by atoms with Gasteiger partial charge in [0.15, 0.2) is 0 Å². The van der Waals surface area contributed by atoms with Crippen LogP contribution in [0.4, 0.5) is 4.79 Å². The van der Waals surface area contributed by atoms with Gasteiger partial charge < -0.3 is 10.0 Å². The molecule has 1 saturated carbocycles. The maximum Gasteiger partial charge on any atom is 0.323 e. The number of carboxylic acids is 1. The van der Waals surface area contributed by atoms with Gasteiger partial charge in [-0.15, -0.1) is 0 Å². The maximum absolute atomic E-state index is 11.8. The second-order valence-corrected chi connectivity index (χ2v) is 5.49. The van der Waals surface area contributed by atoms with E-state index in [1.165, 1.54) is 19.3 Å². The summed E-state index contributed by atoms with van der Waals surface area (Å²) in [7, 11) is 1.69. The van der Waals surface area contributed by atoms with E-state index in [0.29, 0.717) is 12.5 Å². The summed E-state index contributed by atoms with van der Waals surface area (Å²) in [5, 5.41) is 10.8. The Morgan fingerprint density at radius 2 is 1.80 bits per heavy atom. The van der Waals surface area contributed by atoms with Crippen LogP contribution in [0.3, 0.4) is 0 Å². The summed E-state index contributed by atoms with van der Waals surface area (Å²) >= 11 is 0. The molecule has 0 radical (unpaired) electrons. The maximum atomic E-state index is 11.8. The third-order valence-electron chi connectivity index (χ3n) is 3.64. The third-order valence-corrected chi connectivity index (χ3v) is 3.64. The lowest BCUT2D eigenvalue weighted by Crippen LogP contribution is -2.42. The molecule has 20 heavy (non-hydrogen) atoms. The normalized spacial score (nSPS) is 15.7. The molecule has 114 valence electrons. The zero-order valence-electron chi connectivity index (χ0n) is 12.1. The highest BCUT2D eigenvalue weighted by molar-refractivity contribution is 5.94. The van der Waals surface area contributed by atoms with Crippen LogP contribution in [0.25, 0.3) is 0 Å². The van der Waals surface area contributed by atoms with Gasteiger partial charge in [0.05, 0.1) is 0 Å². The van der Waals surface area contributed by atoms with Crippen molar-refractivity contribution in [1.82, 2.24) is 10.2 Å². The predicted octanol–water partition coefficient (Wildman–Crippen LogP) is 1.99. The Bertz CT molecular complexity index is 351. The van der Waals surface area contributed by atoms with Gasteiger partial charge in [0.2, 0.25) is 5.91 Å². The van der Waals surface area contributed by atoms with Crippen LogP contribution < -0.4 is 5.32 Å². The molecule has 1 aliphatic carbocycles. The molecule has 1 aliphatic rings. The molecule has 6 nitrogen and oxygen atoms in total. The molecule has 0 aromatic carbocycles. The molecule has 0 saturated heterocycles. The van der Waals surface area contributed by atoms with Crippen molar-refractivity contribution < 1.29 is 19.5 Å². The van der Waals surface area contributed by atoms with Crippen molar-refractivity contribution in [3.05, 3.63) is 0 Å². The summed E-state index contributed by atoms with van der Waals surface area (Å²) in [5.41, 5.74) is 0. The molecule has 0 aromatic rings. The molecule has 0 aliphatic heterocycles. The van der Waals surface area contributed by atoms with E-state index < -0.39 is 17.9 Å². The number of carbonyl (C=O) groups excluding carboxylic acids is 2. The van der Waals surface area contributed by atoms with E-state index in [4.69, 9.17) is 5.11 Å². The minimum atomic E-state index is -0.932. The van der Waals surface area contributed by atoms with Gasteiger partial charge in [0.25, 0.3) is 0 Å². The van der Waals surface area contributed by atoms with Crippen LogP contribution >= 0.6 is 0 Å². The summed E-state index contributed by atoms with van der Waals surface area (Å²) in [6, 6.07) is -0.393. The van der Waals surface area contributed by atoms with Crippen molar-refractivity contribution >= 4 is 17.9 Å². The fourth-order valence-corrected chi connectivity index (χ4v) is 2.52. The Morgan fingerprint density at radius 1 is 1.15 bits per heavy atom. The minimum Gasteiger partial charge on any atom is -0.481 e. The van der Waals surface area contributed by atoms with Crippen molar-refractivity contribution in [3.63, 3.8) is 0 Å². The molecule has 0 atom stereocenters. The van der Waals surface area contributed by atoms with Gasteiger partial charge in [0, 0.05) is 26.4 Å². The standard InChI is InChI=1S/C14H24N2O4/c1-16(10-11-6-3-2-4-7-11)14(20)15-12(17)8-5-9-13(18)19/h11H,2-10H2,1H3,(H,18,19)(H,15,17,20). The molecule has 1 fully saturated rings. The first-order valence-electron chi connectivity index (χ1n) is 7.25. The highest BCUT2D eigenvalue weighted by atomic mass is 16.4. The average molecular weight is 284 g/mol. The molecule has 3 amide bonds. The van der Waals surface area contributed by atoms with Crippen LogP contribution in [-0.2, 0) is 9.59 Å². The zero-order valence-corrected chi connectivity index (χ0v) is 12.1. The molecule has 6 heteroatoms. The Labute approximate surface area is 119 Å². The number of carbonyl (C=O) groups is 3. The Morgan fingerprint density at radius 3 is 2.40 bits per heavy atom. The highest BCUT2D eigenvalue weighted by Gasteiger charge is 2.19. The van der Waals surface area contributed by atoms with Crippen LogP contribution in [0.2, 0.25) is 0 Å². The van der Waals surface area contributed by atoms with Gasteiger partial charge in [-0.1, -0.05) is 19.3 Å². The summed E-state index contributed by atoms with van der Waals surface area (Å²) in [6.07, 6.45) is 6.25. The number of hydrogen-bond donors (Lipinski definition) is 2. The predicted molar refractivity (Wildman–Crippen MR) is 74.2 cm³/mol. The topological polar surface area (TPSA) is 86.7 Å². The molecule has 0 unspecified atom stereocenters. The van der Waals surface area contributed by atoms with Gasteiger partial charge in [-0.3, -0.25) is 14.9 Å². The average Bonchev–Trinajstić information content (AvgIpc) is 2.39. The number of imide groups is 1. The molecule has 0 spiro atoms. The monoisotopic (exact) mass is 284 g/mol. The van der Waals surface area contributed by atoms with Gasteiger partial charge >= 0.3 is 12.0 Å². The molecule has 0 bridgehead atoms. The van der Waals surface area contributed by atoms with Gasteiger partial charge in [0.1, 0.15) is 0 Å². The number of amides is 3. The first-order valence-corrected chi connectivity index (χ1v) is 7.25. The quantitative estimate of drug-likeness (QED) is 0.781. The lowest BCUT2D eigenvalue weighted by atomic mass is 9.89. The lowest BCUT2D eigenvalue weighted by molar-refractivity contribution is -0.137. The lowest BCUT2D eigenvalue weighted by Gasteiger charge is -2.26. The number of urea groups is 1. The summed E-state index contributed by atoms with van der Waals surface area (Å²) in [5.74, 6) is -0.813. The first-order chi connectivity index (χ1) is 9.49. The number of aliphatic carboxylic acids is 1. The fourth-order valence-electron chi connectivity index (χ4n) is 2.52. The molecule has 2 N–H and O–H groups in total. The van der Waals surface area contributed by atoms with Crippen molar-refractivity contribution in [1.29, 1.82) is 0 Å². The Hall–Kier alpha value is -1.59. The van der Waals surface area contributed by atoms with Gasteiger partial charge in [-0.2, -0.15) is 0 Å². The van der Waals surface area contributed by atoms with Crippen molar-refractivity contribution in [2.45, 2.75) is 51.4 Å². The number of rotatable bonds is 6. The van der Waals surface area contributed by atoms with Crippen LogP contribution in [0.1, 0.15) is 51.4 Å². The van der Waals surface area contributed by atoms with E-state index in [1.54, 1.807) is 11.9 Å². The number of nitrogens with zero attached hydrogens (tertiary/aromatic N) is 1. The second-order valence-electron chi connectivity index (χ2n) is 5.49. The SMILES string of the molecule is CN(CC1CCCCC1)C(=O)NC(=O)CCCC(=O)O. The molecular formula is C14H24N2O4. The van der Waals surface area contributed by atoms with Crippen LogP contribution in [0.5, 0.6) is 0 Å². The number of hydrogen-bond acceptors (Lipinski definition) is 3. The second kappa shape index (κ2) is 8.55. The van der Waals surface area contributed by atoms with Crippen LogP contribution in [0, 0.1) is 5.92 Å². The number of nitrogens with one attached hydrogen (secondary N) is 1. The van der Waals surface area contributed by atoms with E-state index in [9.17, 15) is 14.4 Å². The summed E-state index contributed by atoms with van der Waals surface area (Å²) in [4.78, 5) is 35.2. The van der Waals surface area contributed by atoms with E-state index in [1.807, 2.05) is 0 Å². The number of carboxylic acid groups (broad SMARTS) is 1. The van der Waals surface area contributed by atoms with Gasteiger partial charge in [-0.05, 0) is 25.2 Å². The van der Waals surface area contributed by atoms with E-state index in [2.05, 4.69) is 5.32 Å². The molecule has 0 aromatic heterocycles. The van der Waals surface area contributed by atoms with Crippen LogP contribution in [0.15, 0.2) is 0 Å². The fraction of sp³-hybridized carbons (Fsp3) is 0.786. The largest absolute Gasteiger partial charge is 0.481 e. The minimum absolute atomic E-state index is 0.0560. The zero-order chi connectivity index (χ0) is 15.0. The van der Waals surface area contributed by atoms with Crippen molar-refractivity contribution in [3.8, 4) is 0 Å². The third kappa shape index (κ3) is 6.54. The van der Waals surface area contributed by atoms with Crippen molar-refractivity contribution in [2.75, 3.05) is 13.6 Å². The van der Waals surface area contributed by atoms with E-state index in [-0.39, 0.29) is 19.3 Å². The van der Waals surface area contributed by atoms with Gasteiger partial charge in [-0.25, -0.2) is 4.79 Å². The smallest absolute Gasteiger partial charge is 0.323 e. The molecular weight excluding hydrogens is 260 g/mol. The van der Waals surface area contributed by atoms with E-state index >= 15 is 0 Å². The first kappa shape index (κ1) is 16.5. The Balaban J connectivity index is 2.22. The summed E-state index contributed by atoms with van der Waals surface area (Å²) < 4.78 is 0. The van der Waals surface area contributed by atoms with Crippen LogP contribution in [-0.4, -0.2) is 41.5 Å². The molecule has 1 rings (SSSR count). The highest BCUT2D eigenvalue weighted by Crippen LogP contribution is 2.24.